The Bertz CT molecular complexity index is 1110. The molecule has 3 rings (SSSR count). The summed E-state index contributed by atoms with van der Waals surface area (Å²) in [5.74, 6) is 0.0368. The highest BCUT2D eigenvalue weighted by Gasteiger charge is 2.16. The van der Waals surface area contributed by atoms with Crippen LogP contribution < -0.4 is 10.9 Å². The fraction of sp³-hybridized carbons (Fsp3) is 0.409. The van der Waals surface area contributed by atoms with Gasteiger partial charge in [-0.25, -0.2) is 4.98 Å². The van der Waals surface area contributed by atoms with Gasteiger partial charge in [0, 0.05) is 30.2 Å². The molecule has 1 amide bonds. The minimum absolute atomic E-state index is 0.0627. The minimum Gasteiger partial charge on any atom is -0.385 e. The predicted molar refractivity (Wildman–Crippen MR) is 128 cm³/mol. The molecular formula is C22H26ClN3O3S2. The Labute approximate surface area is 195 Å². The van der Waals surface area contributed by atoms with Crippen molar-refractivity contribution in [2.45, 2.75) is 44.4 Å². The second-order valence-electron chi connectivity index (χ2n) is 7.12. The molecule has 2 aromatic heterocycles. The van der Waals surface area contributed by atoms with Crippen LogP contribution in [0.1, 0.15) is 36.8 Å². The average Bonchev–Trinajstić information content (AvgIpc) is 3.17. The molecule has 1 aromatic carbocycles. The van der Waals surface area contributed by atoms with Gasteiger partial charge in [0.05, 0.1) is 17.2 Å². The van der Waals surface area contributed by atoms with Gasteiger partial charge < -0.3 is 10.1 Å². The summed E-state index contributed by atoms with van der Waals surface area (Å²) in [6.07, 6.45) is 1.55. The van der Waals surface area contributed by atoms with Crippen LogP contribution in [0.3, 0.4) is 0 Å². The zero-order chi connectivity index (χ0) is 22.4. The topological polar surface area (TPSA) is 73.2 Å². The van der Waals surface area contributed by atoms with E-state index in [-0.39, 0.29) is 23.3 Å². The van der Waals surface area contributed by atoms with Gasteiger partial charge in [-0.15, -0.1) is 11.3 Å². The normalized spacial score (nSPS) is 12.3. The minimum atomic E-state index is -0.171. The Morgan fingerprint density at radius 1 is 1.39 bits per heavy atom. The molecule has 3 aromatic rings. The Morgan fingerprint density at radius 3 is 2.90 bits per heavy atom. The maximum Gasteiger partial charge on any atom is 0.262 e. The van der Waals surface area contributed by atoms with Crippen molar-refractivity contribution in [2.75, 3.05) is 19.5 Å². The fourth-order valence-corrected chi connectivity index (χ4v) is 5.21. The van der Waals surface area contributed by atoms with Crippen LogP contribution in [-0.2, 0) is 22.5 Å². The quantitative estimate of drug-likeness (QED) is 0.259. The molecule has 1 atom stereocenters. The number of hydrogen-bond donors (Lipinski definition) is 1. The lowest BCUT2D eigenvalue weighted by Gasteiger charge is -2.15. The number of hydrogen-bond acceptors (Lipinski definition) is 6. The Balaban J connectivity index is 1.76. The van der Waals surface area contributed by atoms with E-state index in [0.717, 1.165) is 21.7 Å². The van der Waals surface area contributed by atoms with Crippen LogP contribution in [-0.4, -0.2) is 34.9 Å². The van der Waals surface area contributed by atoms with E-state index in [1.54, 1.807) is 17.7 Å². The summed E-state index contributed by atoms with van der Waals surface area (Å²) in [4.78, 5) is 32.2. The van der Waals surface area contributed by atoms with Crippen LogP contribution in [0.15, 0.2) is 40.3 Å². The molecule has 0 aliphatic heterocycles. The molecule has 2 heterocycles. The van der Waals surface area contributed by atoms with Gasteiger partial charge in [-0.3, -0.25) is 14.2 Å². The molecule has 0 saturated carbocycles. The number of methoxy groups -OCH3 is 1. The van der Waals surface area contributed by atoms with Crippen molar-refractivity contribution in [2.24, 2.45) is 0 Å². The van der Waals surface area contributed by atoms with Crippen molar-refractivity contribution in [3.63, 3.8) is 0 Å². The first-order valence-electron chi connectivity index (χ1n) is 10.1. The summed E-state index contributed by atoms with van der Waals surface area (Å²) < 4.78 is 6.79. The highest BCUT2D eigenvalue weighted by molar-refractivity contribution is 7.99. The molecule has 0 aliphatic rings. The van der Waals surface area contributed by atoms with E-state index in [1.165, 1.54) is 23.1 Å². The zero-order valence-electron chi connectivity index (χ0n) is 17.8. The Morgan fingerprint density at radius 2 is 2.19 bits per heavy atom. The molecule has 31 heavy (non-hydrogen) atoms. The number of thioether (sulfide) groups is 1. The second kappa shape index (κ2) is 11.1. The summed E-state index contributed by atoms with van der Waals surface area (Å²) in [6.45, 7) is 5.02. The summed E-state index contributed by atoms with van der Waals surface area (Å²) in [5.41, 5.74) is 0.875. The number of carbonyl (C=O) groups is 1. The second-order valence-corrected chi connectivity index (χ2v) is 9.61. The van der Waals surface area contributed by atoms with Gasteiger partial charge in [-0.2, -0.15) is 0 Å². The molecule has 0 fully saturated rings. The number of ether oxygens (including phenoxy) is 1. The van der Waals surface area contributed by atoms with Crippen LogP contribution in [0.25, 0.3) is 10.2 Å². The average molecular weight is 480 g/mol. The third kappa shape index (κ3) is 6.10. The summed E-state index contributed by atoms with van der Waals surface area (Å²) in [5, 5.41) is 4.81. The molecule has 0 bridgehead atoms. The maximum absolute atomic E-state index is 13.1. The standard InChI is InChI=1S/C22H26ClN3O3S2/c1-4-17-12-18-20(31-17)25-22(26(21(18)28)9-6-10-29-3)30-13-19(27)24-14(2)15-7-5-8-16(23)11-15/h5,7-8,11-12,14H,4,6,9-10,13H2,1-3H3,(H,24,27). The number of benzene rings is 1. The lowest BCUT2D eigenvalue weighted by atomic mass is 10.1. The number of thiophene rings is 1. The predicted octanol–water partition coefficient (Wildman–Crippen LogP) is 4.68. The first kappa shape index (κ1) is 23.8. The maximum atomic E-state index is 13.1. The van der Waals surface area contributed by atoms with Crippen LogP contribution in [0.5, 0.6) is 0 Å². The van der Waals surface area contributed by atoms with Gasteiger partial charge >= 0.3 is 0 Å². The number of carbonyl (C=O) groups excluding carboxylic acids is 1. The monoisotopic (exact) mass is 479 g/mol. The van der Waals surface area contributed by atoms with E-state index < -0.39 is 0 Å². The van der Waals surface area contributed by atoms with Crippen LogP contribution in [0, 0.1) is 0 Å². The van der Waals surface area contributed by atoms with Crippen molar-refractivity contribution in [1.29, 1.82) is 0 Å². The highest BCUT2D eigenvalue weighted by atomic mass is 35.5. The summed E-state index contributed by atoms with van der Waals surface area (Å²) >= 11 is 8.86. The molecule has 0 spiro atoms. The van der Waals surface area contributed by atoms with Crippen molar-refractivity contribution < 1.29 is 9.53 Å². The molecule has 1 N–H and O–H groups in total. The zero-order valence-corrected chi connectivity index (χ0v) is 20.2. The van der Waals surface area contributed by atoms with Crippen LogP contribution in [0.2, 0.25) is 5.02 Å². The van der Waals surface area contributed by atoms with Gasteiger partial charge in [0.15, 0.2) is 5.16 Å². The number of rotatable bonds is 10. The third-order valence-electron chi connectivity index (χ3n) is 4.80. The van der Waals surface area contributed by atoms with E-state index in [4.69, 9.17) is 21.3 Å². The van der Waals surface area contributed by atoms with E-state index in [0.29, 0.717) is 35.1 Å². The molecule has 6 nitrogen and oxygen atoms in total. The Hall–Kier alpha value is -1.87. The number of nitrogens with zero attached hydrogens (tertiary/aromatic N) is 2. The van der Waals surface area contributed by atoms with Crippen LogP contribution >= 0.6 is 34.7 Å². The molecule has 166 valence electrons. The lowest BCUT2D eigenvalue weighted by molar-refractivity contribution is -0.119. The van der Waals surface area contributed by atoms with Crippen molar-refractivity contribution in [1.82, 2.24) is 14.9 Å². The fourth-order valence-electron chi connectivity index (χ4n) is 3.17. The number of aromatic nitrogens is 2. The molecule has 0 saturated heterocycles. The first-order chi connectivity index (χ1) is 14.9. The van der Waals surface area contributed by atoms with E-state index in [1.807, 2.05) is 31.2 Å². The van der Waals surface area contributed by atoms with Crippen LogP contribution in [0.4, 0.5) is 0 Å². The number of nitrogens with one attached hydrogen (secondary N) is 1. The van der Waals surface area contributed by atoms with E-state index >= 15 is 0 Å². The van der Waals surface area contributed by atoms with Crippen molar-refractivity contribution in [3.8, 4) is 0 Å². The van der Waals surface area contributed by atoms with Gasteiger partial charge in [-0.05, 0) is 43.5 Å². The van der Waals surface area contributed by atoms with E-state index in [2.05, 4.69) is 12.2 Å². The molecule has 0 aliphatic carbocycles. The number of aryl methyl sites for hydroxylation is 1. The van der Waals surface area contributed by atoms with Crippen molar-refractivity contribution in [3.05, 3.63) is 56.1 Å². The molecular weight excluding hydrogens is 454 g/mol. The largest absolute Gasteiger partial charge is 0.385 e. The van der Waals surface area contributed by atoms with Gasteiger partial charge in [0.1, 0.15) is 4.83 Å². The molecule has 1 unspecified atom stereocenters. The Kier molecular flexibility index (Phi) is 8.54. The molecule has 9 heteroatoms. The summed E-state index contributed by atoms with van der Waals surface area (Å²) in [7, 11) is 1.64. The SMILES string of the molecule is CCc1cc2c(=O)n(CCCOC)c(SCC(=O)NC(C)c3cccc(Cl)c3)nc2s1. The number of halogens is 1. The van der Waals surface area contributed by atoms with Gasteiger partial charge in [0.2, 0.25) is 5.91 Å². The van der Waals surface area contributed by atoms with Crippen molar-refractivity contribution >= 4 is 50.8 Å². The van der Waals surface area contributed by atoms with Gasteiger partial charge in [0.25, 0.3) is 5.56 Å². The first-order valence-corrected chi connectivity index (χ1v) is 12.3. The molecule has 0 radical (unpaired) electrons. The highest BCUT2D eigenvalue weighted by Crippen LogP contribution is 2.25. The smallest absolute Gasteiger partial charge is 0.262 e. The summed E-state index contributed by atoms with van der Waals surface area (Å²) in [6, 6.07) is 9.18. The number of amides is 1. The van der Waals surface area contributed by atoms with E-state index in [9.17, 15) is 9.59 Å². The van der Waals surface area contributed by atoms with Gasteiger partial charge in [-0.1, -0.05) is 42.4 Å². The lowest BCUT2D eigenvalue weighted by Crippen LogP contribution is -2.29. The number of fused-ring (bicyclic) bond motifs is 1. The third-order valence-corrected chi connectivity index (χ3v) is 7.19.